The van der Waals surface area contributed by atoms with Gasteiger partial charge in [-0.1, -0.05) is 30.3 Å². The molecule has 10 nitrogen and oxygen atoms in total. The summed E-state index contributed by atoms with van der Waals surface area (Å²) in [6, 6.07) is 17.4. The van der Waals surface area contributed by atoms with Gasteiger partial charge < -0.3 is 16.0 Å². The number of hydrogen-bond donors (Lipinski definition) is 3. The quantitative estimate of drug-likeness (QED) is 0.281. The topological polar surface area (TPSA) is 125 Å². The lowest BCUT2D eigenvalue weighted by Crippen LogP contribution is -2.37. The van der Waals surface area contributed by atoms with E-state index in [1.165, 1.54) is 47.9 Å². The van der Waals surface area contributed by atoms with Gasteiger partial charge in [0.15, 0.2) is 5.69 Å². The van der Waals surface area contributed by atoms with E-state index in [-0.39, 0.29) is 36.0 Å². The van der Waals surface area contributed by atoms with Crippen molar-refractivity contribution in [1.29, 1.82) is 0 Å². The molecule has 0 saturated carbocycles. The number of alkyl halides is 3. The molecule has 0 bridgehead atoms. The van der Waals surface area contributed by atoms with E-state index in [1.54, 1.807) is 36.4 Å². The molecule has 3 amide bonds. The third-order valence-electron chi connectivity index (χ3n) is 7.35. The van der Waals surface area contributed by atoms with E-state index in [2.05, 4.69) is 21.0 Å². The molecule has 1 aliphatic heterocycles. The average molecular weight is 615 g/mol. The number of piperidine rings is 1. The SMILES string of the molecule is CNC(=O)Nc1ccc(S(=O)(=O)N2CCC(c3ccn4nc(C(F)(F)F)c(C(=O)NCc5ccccc5)c4c3)CC2)cc1. The van der Waals surface area contributed by atoms with Crippen LogP contribution in [0.5, 0.6) is 0 Å². The van der Waals surface area contributed by atoms with E-state index in [1.807, 2.05) is 0 Å². The summed E-state index contributed by atoms with van der Waals surface area (Å²) in [5.74, 6) is -1.03. The fourth-order valence-electron chi connectivity index (χ4n) is 5.09. The first kappa shape index (κ1) is 30.0. The van der Waals surface area contributed by atoms with Gasteiger partial charge in [-0.2, -0.15) is 22.6 Å². The van der Waals surface area contributed by atoms with Gasteiger partial charge in [-0.15, -0.1) is 0 Å². The van der Waals surface area contributed by atoms with Gasteiger partial charge >= 0.3 is 12.2 Å². The number of hydrogen-bond acceptors (Lipinski definition) is 5. The normalized spacial score (nSPS) is 14.9. The molecule has 0 radical (unpaired) electrons. The molecule has 3 N–H and O–H groups in total. The number of nitrogens with one attached hydrogen (secondary N) is 3. The van der Waals surface area contributed by atoms with Gasteiger partial charge in [-0.3, -0.25) is 4.79 Å². The highest BCUT2D eigenvalue weighted by Gasteiger charge is 2.40. The van der Waals surface area contributed by atoms with E-state index in [4.69, 9.17) is 0 Å². The van der Waals surface area contributed by atoms with Crippen molar-refractivity contribution in [3.63, 3.8) is 0 Å². The molecule has 2 aromatic carbocycles. The number of benzene rings is 2. The lowest BCUT2D eigenvalue weighted by atomic mass is 9.90. The smallest absolute Gasteiger partial charge is 0.348 e. The maximum absolute atomic E-state index is 13.9. The number of pyridine rings is 1. The molecule has 0 aliphatic carbocycles. The van der Waals surface area contributed by atoms with Crippen molar-refractivity contribution in [2.24, 2.45) is 0 Å². The second-order valence-electron chi connectivity index (χ2n) is 10.1. The number of halogens is 3. The van der Waals surface area contributed by atoms with Crippen molar-refractivity contribution in [2.45, 2.75) is 36.4 Å². The Morgan fingerprint density at radius 3 is 2.30 bits per heavy atom. The number of carbonyl (C=O) groups excluding carboxylic acids is 2. The van der Waals surface area contributed by atoms with Gasteiger partial charge in [-0.25, -0.2) is 17.7 Å². The van der Waals surface area contributed by atoms with Crippen LogP contribution in [0.3, 0.4) is 0 Å². The minimum absolute atomic E-state index is 0.0240. The molecular weight excluding hydrogens is 585 g/mol. The van der Waals surface area contributed by atoms with E-state index in [0.29, 0.717) is 24.1 Å². The van der Waals surface area contributed by atoms with Crippen LogP contribution in [-0.2, 0) is 22.7 Å². The summed E-state index contributed by atoms with van der Waals surface area (Å²) in [5.41, 5.74) is 0.0666. The summed E-state index contributed by atoms with van der Waals surface area (Å²) < 4.78 is 70.6. The molecule has 0 atom stereocenters. The van der Waals surface area contributed by atoms with Crippen molar-refractivity contribution in [3.05, 3.63) is 95.3 Å². The Morgan fingerprint density at radius 1 is 1.00 bits per heavy atom. The van der Waals surface area contributed by atoms with Crippen LogP contribution in [-0.4, -0.2) is 54.4 Å². The molecule has 2 aromatic heterocycles. The zero-order valence-electron chi connectivity index (χ0n) is 23.1. The Labute approximate surface area is 245 Å². The number of aromatic nitrogens is 2. The minimum Gasteiger partial charge on any atom is -0.348 e. The molecule has 43 heavy (non-hydrogen) atoms. The third-order valence-corrected chi connectivity index (χ3v) is 9.27. The van der Waals surface area contributed by atoms with Gasteiger partial charge in [-0.05, 0) is 66.3 Å². The molecule has 0 unspecified atom stereocenters. The number of carbonyl (C=O) groups is 2. The van der Waals surface area contributed by atoms with Gasteiger partial charge in [0.1, 0.15) is 0 Å². The lowest BCUT2D eigenvalue weighted by Gasteiger charge is -2.31. The van der Waals surface area contributed by atoms with Crippen LogP contribution in [0.1, 0.15) is 45.9 Å². The largest absolute Gasteiger partial charge is 0.436 e. The van der Waals surface area contributed by atoms with Crippen molar-refractivity contribution in [3.8, 4) is 0 Å². The molecule has 3 heterocycles. The monoisotopic (exact) mass is 614 g/mol. The second-order valence-corrected chi connectivity index (χ2v) is 12.0. The van der Waals surface area contributed by atoms with E-state index < -0.39 is 39.4 Å². The molecule has 1 fully saturated rings. The first-order chi connectivity index (χ1) is 20.5. The Balaban J connectivity index is 1.33. The van der Waals surface area contributed by atoms with E-state index in [9.17, 15) is 31.2 Å². The summed E-state index contributed by atoms with van der Waals surface area (Å²) in [6.45, 7) is 0.454. The zero-order chi connectivity index (χ0) is 30.8. The minimum atomic E-state index is -4.85. The number of nitrogens with zero attached hydrogens (tertiary/aromatic N) is 3. The number of anilines is 1. The molecule has 4 aromatic rings. The maximum Gasteiger partial charge on any atom is 0.436 e. The van der Waals surface area contributed by atoms with Crippen molar-refractivity contribution in [2.75, 3.05) is 25.5 Å². The van der Waals surface area contributed by atoms with Gasteiger partial charge in [0.25, 0.3) is 5.91 Å². The molecule has 1 aliphatic rings. The molecule has 5 rings (SSSR count). The Morgan fingerprint density at radius 2 is 1.67 bits per heavy atom. The fourth-order valence-corrected chi connectivity index (χ4v) is 6.56. The molecule has 0 spiro atoms. The number of amides is 3. The standard InChI is InChI=1S/C29H29F3N6O4S/c1-33-28(40)35-22-7-9-23(10-8-22)43(41,42)37-14-11-20(12-15-37)21-13-16-38-24(17-21)25(26(36-38)29(30,31)32)27(39)34-18-19-5-3-2-4-6-19/h2-10,13,16-17,20H,11-12,14-15,18H2,1H3,(H,34,39)(H2,33,35,40). The average Bonchev–Trinajstić information content (AvgIpc) is 3.40. The highest BCUT2D eigenvalue weighted by atomic mass is 32.2. The van der Waals surface area contributed by atoms with Crippen LogP contribution in [0.2, 0.25) is 0 Å². The van der Waals surface area contributed by atoms with E-state index >= 15 is 0 Å². The van der Waals surface area contributed by atoms with Crippen molar-refractivity contribution >= 4 is 33.2 Å². The Bertz CT molecular complexity index is 1730. The first-order valence-corrected chi connectivity index (χ1v) is 14.9. The summed E-state index contributed by atoms with van der Waals surface area (Å²) in [7, 11) is -2.33. The Hall–Kier alpha value is -4.43. The van der Waals surface area contributed by atoms with Crippen molar-refractivity contribution in [1.82, 2.24) is 24.6 Å². The predicted molar refractivity (Wildman–Crippen MR) is 153 cm³/mol. The fraction of sp³-hybridized carbons (Fsp3) is 0.276. The number of rotatable bonds is 7. The number of fused-ring (bicyclic) bond motifs is 1. The van der Waals surface area contributed by atoms with Crippen LogP contribution in [0.4, 0.5) is 23.7 Å². The summed E-state index contributed by atoms with van der Waals surface area (Å²) in [4.78, 5) is 24.6. The van der Waals surface area contributed by atoms with Crippen LogP contribution >= 0.6 is 0 Å². The molecule has 14 heteroatoms. The van der Waals surface area contributed by atoms with Gasteiger partial charge in [0.05, 0.1) is 16.0 Å². The predicted octanol–water partition coefficient (Wildman–Crippen LogP) is 4.60. The van der Waals surface area contributed by atoms with Crippen LogP contribution in [0.15, 0.2) is 77.8 Å². The first-order valence-electron chi connectivity index (χ1n) is 13.5. The Kier molecular flexibility index (Phi) is 8.42. The summed E-state index contributed by atoms with van der Waals surface area (Å²) >= 11 is 0. The molecule has 1 saturated heterocycles. The highest BCUT2D eigenvalue weighted by molar-refractivity contribution is 7.89. The summed E-state index contributed by atoms with van der Waals surface area (Å²) in [5, 5.41) is 11.2. The maximum atomic E-state index is 13.9. The lowest BCUT2D eigenvalue weighted by molar-refractivity contribution is -0.141. The van der Waals surface area contributed by atoms with Crippen molar-refractivity contribution < 1.29 is 31.2 Å². The molecular formula is C29H29F3N6O4S. The zero-order valence-corrected chi connectivity index (χ0v) is 23.9. The number of sulfonamides is 1. The highest BCUT2D eigenvalue weighted by Crippen LogP contribution is 2.36. The van der Waals surface area contributed by atoms with Gasteiger partial charge in [0, 0.05) is 38.6 Å². The number of urea groups is 1. The second kappa shape index (κ2) is 12.1. The van der Waals surface area contributed by atoms with Gasteiger partial charge in [0.2, 0.25) is 10.0 Å². The van der Waals surface area contributed by atoms with Crippen LogP contribution < -0.4 is 16.0 Å². The van der Waals surface area contributed by atoms with E-state index in [0.717, 1.165) is 10.1 Å². The van der Waals surface area contributed by atoms with Crippen LogP contribution in [0.25, 0.3) is 5.52 Å². The molecule has 226 valence electrons. The summed E-state index contributed by atoms with van der Waals surface area (Å²) in [6.07, 6.45) is -2.59. The third kappa shape index (κ3) is 6.49. The van der Waals surface area contributed by atoms with Crippen LogP contribution in [0, 0.1) is 0 Å².